The summed E-state index contributed by atoms with van der Waals surface area (Å²) in [6.07, 6.45) is 2.56. The summed E-state index contributed by atoms with van der Waals surface area (Å²) in [6.45, 7) is 2.64. The molecule has 0 unspecified atom stereocenters. The molecule has 98 valence electrons. The lowest BCUT2D eigenvalue weighted by atomic mass is 10.2. The SMILES string of the molecule is Cc1ccoc1C(=O)N1CCCSc2ccccc21. The van der Waals surface area contributed by atoms with Gasteiger partial charge >= 0.3 is 0 Å². The average Bonchev–Trinajstić information content (AvgIpc) is 2.74. The van der Waals surface area contributed by atoms with E-state index < -0.39 is 0 Å². The van der Waals surface area contributed by atoms with Gasteiger partial charge in [0.1, 0.15) is 0 Å². The zero-order valence-electron chi connectivity index (χ0n) is 10.8. The summed E-state index contributed by atoms with van der Waals surface area (Å²) in [7, 11) is 0. The van der Waals surface area contributed by atoms with Crippen molar-refractivity contribution in [2.45, 2.75) is 18.2 Å². The molecule has 4 heteroatoms. The molecule has 3 nitrogen and oxygen atoms in total. The summed E-state index contributed by atoms with van der Waals surface area (Å²) in [6, 6.07) is 9.88. The lowest BCUT2D eigenvalue weighted by Gasteiger charge is -2.21. The minimum Gasteiger partial charge on any atom is -0.459 e. The fourth-order valence-electron chi connectivity index (χ4n) is 2.25. The molecule has 1 aromatic heterocycles. The Morgan fingerprint density at radius 2 is 2.16 bits per heavy atom. The van der Waals surface area contributed by atoms with Gasteiger partial charge in [0.25, 0.3) is 5.91 Å². The molecule has 2 heterocycles. The molecule has 0 saturated heterocycles. The van der Waals surface area contributed by atoms with Crippen LogP contribution in [0.5, 0.6) is 0 Å². The Morgan fingerprint density at radius 3 is 2.95 bits per heavy atom. The van der Waals surface area contributed by atoms with E-state index in [1.165, 1.54) is 0 Å². The maximum Gasteiger partial charge on any atom is 0.294 e. The Labute approximate surface area is 116 Å². The summed E-state index contributed by atoms with van der Waals surface area (Å²) in [4.78, 5) is 15.6. The molecule has 0 bridgehead atoms. The fraction of sp³-hybridized carbons (Fsp3) is 0.267. The summed E-state index contributed by atoms with van der Waals surface area (Å²) in [5, 5.41) is 0. The van der Waals surface area contributed by atoms with E-state index in [1.54, 1.807) is 6.26 Å². The van der Waals surface area contributed by atoms with Gasteiger partial charge in [0.2, 0.25) is 0 Å². The zero-order chi connectivity index (χ0) is 13.2. The molecular formula is C15H15NO2S. The Morgan fingerprint density at radius 1 is 1.32 bits per heavy atom. The Balaban J connectivity index is 2.01. The van der Waals surface area contributed by atoms with Gasteiger partial charge in [0.05, 0.1) is 12.0 Å². The highest BCUT2D eigenvalue weighted by atomic mass is 32.2. The molecule has 1 amide bonds. The number of rotatable bonds is 1. The molecule has 0 radical (unpaired) electrons. The number of hydrogen-bond donors (Lipinski definition) is 0. The number of carbonyl (C=O) groups is 1. The topological polar surface area (TPSA) is 33.5 Å². The lowest BCUT2D eigenvalue weighted by molar-refractivity contribution is 0.0959. The Hall–Kier alpha value is -1.68. The molecule has 0 atom stereocenters. The van der Waals surface area contributed by atoms with Crippen molar-refractivity contribution in [1.29, 1.82) is 0 Å². The van der Waals surface area contributed by atoms with Crippen LogP contribution in [-0.2, 0) is 0 Å². The van der Waals surface area contributed by atoms with Gasteiger partial charge in [0, 0.05) is 17.0 Å². The predicted molar refractivity (Wildman–Crippen MR) is 76.9 cm³/mol. The number of furan rings is 1. The van der Waals surface area contributed by atoms with E-state index >= 15 is 0 Å². The first-order valence-corrected chi connectivity index (χ1v) is 7.34. The second kappa shape index (κ2) is 5.13. The van der Waals surface area contributed by atoms with Crippen LogP contribution < -0.4 is 4.90 Å². The van der Waals surface area contributed by atoms with E-state index in [1.807, 2.05) is 47.9 Å². The van der Waals surface area contributed by atoms with E-state index in [-0.39, 0.29) is 5.91 Å². The minimum atomic E-state index is -0.0440. The minimum absolute atomic E-state index is 0.0440. The number of para-hydroxylation sites is 1. The van der Waals surface area contributed by atoms with Crippen molar-refractivity contribution in [2.24, 2.45) is 0 Å². The van der Waals surface area contributed by atoms with Crippen LogP contribution in [0.25, 0.3) is 0 Å². The number of fused-ring (bicyclic) bond motifs is 1. The van der Waals surface area contributed by atoms with Crippen LogP contribution in [0.4, 0.5) is 5.69 Å². The van der Waals surface area contributed by atoms with Crippen molar-refractivity contribution in [3.05, 3.63) is 47.9 Å². The molecule has 0 fully saturated rings. The normalized spacial score (nSPS) is 14.9. The molecule has 19 heavy (non-hydrogen) atoms. The summed E-state index contributed by atoms with van der Waals surface area (Å²) in [5.74, 6) is 1.44. The molecule has 0 aliphatic carbocycles. The standard InChI is InChI=1S/C15H15NO2S/c1-11-7-9-18-14(11)15(17)16-8-4-10-19-13-6-3-2-5-12(13)16/h2-3,5-7,9H,4,8,10H2,1H3. The molecule has 2 aromatic rings. The molecule has 0 spiro atoms. The molecule has 3 rings (SSSR count). The van der Waals surface area contributed by atoms with Gasteiger partial charge in [0.15, 0.2) is 5.76 Å². The first-order chi connectivity index (χ1) is 9.27. The van der Waals surface area contributed by atoms with Gasteiger partial charge < -0.3 is 9.32 Å². The van der Waals surface area contributed by atoms with Crippen molar-refractivity contribution >= 4 is 23.4 Å². The van der Waals surface area contributed by atoms with Crippen molar-refractivity contribution < 1.29 is 9.21 Å². The number of nitrogens with zero attached hydrogens (tertiary/aromatic N) is 1. The van der Waals surface area contributed by atoms with Crippen molar-refractivity contribution in [3.8, 4) is 0 Å². The Kier molecular flexibility index (Phi) is 3.34. The van der Waals surface area contributed by atoms with Gasteiger partial charge in [-0.2, -0.15) is 0 Å². The number of anilines is 1. The van der Waals surface area contributed by atoms with E-state index in [4.69, 9.17) is 4.42 Å². The lowest BCUT2D eigenvalue weighted by Crippen LogP contribution is -2.31. The Bertz CT molecular complexity index is 606. The number of benzene rings is 1. The zero-order valence-corrected chi connectivity index (χ0v) is 11.6. The average molecular weight is 273 g/mol. The van der Waals surface area contributed by atoms with Crippen LogP contribution >= 0.6 is 11.8 Å². The molecule has 0 N–H and O–H groups in total. The largest absolute Gasteiger partial charge is 0.459 e. The van der Waals surface area contributed by atoms with Gasteiger partial charge in [-0.05, 0) is 37.3 Å². The second-order valence-electron chi connectivity index (χ2n) is 4.56. The maximum absolute atomic E-state index is 12.6. The maximum atomic E-state index is 12.6. The van der Waals surface area contributed by atoms with Crippen molar-refractivity contribution in [1.82, 2.24) is 0 Å². The molecule has 1 aliphatic heterocycles. The van der Waals surface area contributed by atoms with E-state index in [0.29, 0.717) is 5.76 Å². The summed E-state index contributed by atoms with van der Waals surface area (Å²) in [5.41, 5.74) is 1.88. The molecular weight excluding hydrogens is 258 g/mol. The van der Waals surface area contributed by atoms with E-state index in [9.17, 15) is 4.79 Å². The molecule has 0 saturated carbocycles. The smallest absolute Gasteiger partial charge is 0.294 e. The third-order valence-corrected chi connectivity index (χ3v) is 4.39. The van der Waals surface area contributed by atoms with Crippen molar-refractivity contribution in [2.75, 3.05) is 17.2 Å². The van der Waals surface area contributed by atoms with Gasteiger partial charge in [-0.1, -0.05) is 12.1 Å². The van der Waals surface area contributed by atoms with Crippen molar-refractivity contribution in [3.63, 3.8) is 0 Å². The predicted octanol–water partition coefficient (Wildman–Crippen LogP) is 3.73. The number of hydrogen-bond acceptors (Lipinski definition) is 3. The highest BCUT2D eigenvalue weighted by molar-refractivity contribution is 7.99. The highest BCUT2D eigenvalue weighted by Gasteiger charge is 2.25. The third kappa shape index (κ3) is 2.28. The van der Waals surface area contributed by atoms with E-state index in [2.05, 4.69) is 6.07 Å². The van der Waals surface area contributed by atoms with Crippen LogP contribution in [0.1, 0.15) is 22.5 Å². The quantitative estimate of drug-likeness (QED) is 0.793. The molecule has 1 aliphatic rings. The van der Waals surface area contributed by atoms with Crippen LogP contribution in [0.3, 0.4) is 0 Å². The van der Waals surface area contributed by atoms with Crippen LogP contribution in [-0.4, -0.2) is 18.2 Å². The van der Waals surface area contributed by atoms with Crippen LogP contribution in [0, 0.1) is 6.92 Å². The first-order valence-electron chi connectivity index (χ1n) is 6.35. The first kappa shape index (κ1) is 12.4. The second-order valence-corrected chi connectivity index (χ2v) is 5.70. The summed E-state index contributed by atoms with van der Waals surface area (Å²) < 4.78 is 5.34. The van der Waals surface area contributed by atoms with Crippen LogP contribution in [0.15, 0.2) is 45.9 Å². The highest BCUT2D eigenvalue weighted by Crippen LogP contribution is 2.34. The fourth-order valence-corrected chi connectivity index (χ4v) is 3.25. The number of carbonyl (C=O) groups excluding carboxylic acids is 1. The number of thioether (sulfide) groups is 1. The number of amides is 1. The van der Waals surface area contributed by atoms with Gasteiger partial charge in [-0.15, -0.1) is 11.8 Å². The van der Waals surface area contributed by atoms with Gasteiger partial charge in [-0.3, -0.25) is 4.79 Å². The van der Waals surface area contributed by atoms with E-state index in [0.717, 1.165) is 34.9 Å². The summed E-state index contributed by atoms with van der Waals surface area (Å²) >= 11 is 1.81. The van der Waals surface area contributed by atoms with Crippen LogP contribution in [0.2, 0.25) is 0 Å². The monoisotopic (exact) mass is 273 g/mol. The third-order valence-electron chi connectivity index (χ3n) is 3.24. The van der Waals surface area contributed by atoms with Gasteiger partial charge in [-0.25, -0.2) is 0 Å². The number of aryl methyl sites for hydroxylation is 1. The molecule has 1 aromatic carbocycles.